The van der Waals surface area contributed by atoms with Crippen molar-refractivity contribution in [2.24, 2.45) is 0 Å². The molecule has 0 bridgehead atoms. The highest BCUT2D eigenvalue weighted by atomic mass is 79.9. The first kappa shape index (κ1) is 18.1. The summed E-state index contributed by atoms with van der Waals surface area (Å²) in [6, 6.07) is 12.2. The number of carbonyl (C=O) groups is 2. The molecule has 8 heteroatoms. The molecule has 3 rings (SSSR count). The van der Waals surface area contributed by atoms with Crippen LogP contribution in [-0.4, -0.2) is 27.1 Å². The van der Waals surface area contributed by atoms with Crippen molar-refractivity contribution in [1.29, 1.82) is 0 Å². The number of amides is 1. The first-order valence-electron chi connectivity index (χ1n) is 7.48. The van der Waals surface area contributed by atoms with Crippen molar-refractivity contribution >= 4 is 39.1 Å². The van der Waals surface area contributed by atoms with Crippen LogP contribution in [0.5, 0.6) is 5.75 Å². The fourth-order valence-electron chi connectivity index (χ4n) is 2.41. The molecular formula is C18H13BrN2O4S. The number of rotatable bonds is 5. The molecule has 0 aliphatic heterocycles. The van der Waals surface area contributed by atoms with Crippen LogP contribution in [-0.2, 0) is 4.79 Å². The van der Waals surface area contributed by atoms with Crippen molar-refractivity contribution in [1.82, 2.24) is 10.3 Å². The quantitative estimate of drug-likeness (QED) is 0.568. The van der Waals surface area contributed by atoms with Gasteiger partial charge in [-0.25, -0.2) is 9.78 Å². The maximum Gasteiger partial charge on any atom is 0.331 e. The van der Waals surface area contributed by atoms with E-state index in [0.29, 0.717) is 15.0 Å². The van der Waals surface area contributed by atoms with E-state index in [9.17, 15) is 19.8 Å². The zero-order valence-corrected chi connectivity index (χ0v) is 15.6. The average Bonchev–Trinajstić information content (AvgIpc) is 3.11. The summed E-state index contributed by atoms with van der Waals surface area (Å²) in [5, 5.41) is 22.0. The molecule has 26 heavy (non-hydrogen) atoms. The van der Waals surface area contributed by atoms with Gasteiger partial charge < -0.3 is 15.5 Å². The van der Waals surface area contributed by atoms with Crippen molar-refractivity contribution in [2.45, 2.75) is 6.04 Å². The Hall–Kier alpha value is -2.71. The number of hydrogen-bond donors (Lipinski definition) is 3. The van der Waals surface area contributed by atoms with Crippen LogP contribution in [0.25, 0.3) is 11.3 Å². The fraction of sp³-hybridized carbons (Fsp3) is 0.0556. The van der Waals surface area contributed by atoms with Gasteiger partial charge in [0, 0.05) is 10.0 Å². The Morgan fingerprint density at radius 3 is 2.58 bits per heavy atom. The van der Waals surface area contributed by atoms with Gasteiger partial charge in [0.25, 0.3) is 5.91 Å². The third kappa shape index (κ3) is 3.76. The monoisotopic (exact) mass is 432 g/mol. The summed E-state index contributed by atoms with van der Waals surface area (Å²) in [6.45, 7) is 0. The number of aromatic nitrogens is 1. The molecule has 1 atom stereocenters. The maximum atomic E-state index is 12.5. The molecule has 0 aliphatic rings. The van der Waals surface area contributed by atoms with Crippen LogP contribution < -0.4 is 5.32 Å². The molecule has 1 amide bonds. The van der Waals surface area contributed by atoms with Gasteiger partial charge in [-0.05, 0) is 18.2 Å². The second-order valence-corrected chi connectivity index (χ2v) is 7.14. The number of nitrogens with one attached hydrogen (secondary N) is 1. The third-order valence-electron chi connectivity index (χ3n) is 3.63. The molecule has 1 aromatic heterocycles. The molecule has 132 valence electrons. The van der Waals surface area contributed by atoms with Crippen LogP contribution in [0.2, 0.25) is 0 Å². The molecule has 3 N–H and O–H groups in total. The minimum absolute atomic E-state index is 0.0172. The van der Waals surface area contributed by atoms with Crippen LogP contribution >= 0.6 is 27.3 Å². The Bertz CT molecular complexity index is 959. The number of aliphatic carboxylic acids is 1. The summed E-state index contributed by atoms with van der Waals surface area (Å²) < 4.78 is 0.593. The van der Waals surface area contributed by atoms with Crippen LogP contribution in [0.4, 0.5) is 0 Å². The van der Waals surface area contributed by atoms with E-state index in [0.717, 1.165) is 16.9 Å². The first-order chi connectivity index (χ1) is 12.5. The Morgan fingerprint density at radius 1 is 1.15 bits per heavy atom. The van der Waals surface area contributed by atoms with E-state index in [1.54, 1.807) is 6.07 Å². The standard InChI is InChI=1S/C18H13BrN2O4S/c19-11-6-7-13(22)12(8-11)17(23)21-15(18(24)25)16-14(20-9-26-16)10-4-2-1-3-5-10/h1-9,15,22H,(H,21,23)(H,24,25). The predicted molar refractivity (Wildman–Crippen MR) is 101 cm³/mol. The Balaban J connectivity index is 1.95. The minimum atomic E-state index is -1.29. The minimum Gasteiger partial charge on any atom is -0.507 e. The highest BCUT2D eigenvalue weighted by molar-refractivity contribution is 9.10. The molecule has 0 aliphatic carbocycles. The summed E-state index contributed by atoms with van der Waals surface area (Å²) in [6.07, 6.45) is 0. The van der Waals surface area contributed by atoms with E-state index in [4.69, 9.17) is 0 Å². The largest absolute Gasteiger partial charge is 0.507 e. The van der Waals surface area contributed by atoms with Gasteiger partial charge in [0.2, 0.25) is 0 Å². The fourth-order valence-corrected chi connectivity index (χ4v) is 3.62. The zero-order valence-electron chi connectivity index (χ0n) is 13.2. The van der Waals surface area contributed by atoms with Gasteiger partial charge in [-0.1, -0.05) is 46.3 Å². The van der Waals surface area contributed by atoms with Crippen molar-refractivity contribution in [3.8, 4) is 17.0 Å². The van der Waals surface area contributed by atoms with Gasteiger partial charge in [-0.3, -0.25) is 4.79 Å². The van der Waals surface area contributed by atoms with E-state index in [1.165, 1.54) is 17.6 Å². The molecule has 0 saturated heterocycles. The number of carboxylic acids is 1. The van der Waals surface area contributed by atoms with E-state index in [2.05, 4.69) is 26.2 Å². The highest BCUT2D eigenvalue weighted by Crippen LogP contribution is 2.31. The smallest absolute Gasteiger partial charge is 0.331 e. The lowest BCUT2D eigenvalue weighted by Crippen LogP contribution is -2.33. The van der Waals surface area contributed by atoms with Gasteiger partial charge in [0.05, 0.1) is 21.6 Å². The second kappa shape index (κ2) is 7.67. The van der Waals surface area contributed by atoms with Crippen LogP contribution in [0.15, 0.2) is 58.5 Å². The number of hydrogen-bond acceptors (Lipinski definition) is 5. The van der Waals surface area contributed by atoms with Crippen LogP contribution in [0.3, 0.4) is 0 Å². The number of benzene rings is 2. The lowest BCUT2D eigenvalue weighted by molar-refractivity contribution is -0.139. The lowest BCUT2D eigenvalue weighted by Gasteiger charge is -2.15. The molecule has 0 saturated carbocycles. The number of phenolic OH excluding ortho intramolecular Hbond substituents is 1. The van der Waals surface area contributed by atoms with Gasteiger partial charge >= 0.3 is 5.97 Å². The van der Waals surface area contributed by atoms with Crippen molar-refractivity contribution in [2.75, 3.05) is 0 Å². The molecule has 0 fully saturated rings. The zero-order chi connectivity index (χ0) is 18.7. The maximum absolute atomic E-state index is 12.5. The normalized spacial score (nSPS) is 11.7. The summed E-state index contributed by atoms with van der Waals surface area (Å²) in [4.78, 5) is 29.0. The van der Waals surface area contributed by atoms with E-state index >= 15 is 0 Å². The number of halogens is 1. The second-order valence-electron chi connectivity index (χ2n) is 5.34. The van der Waals surface area contributed by atoms with Crippen molar-refractivity contribution in [3.63, 3.8) is 0 Å². The topological polar surface area (TPSA) is 99.5 Å². The van der Waals surface area contributed by atoms with Crippen LogP contribution in [0.1, 0.15) is 21.3 Å². The number of carboxylic acid groups (broad SMARTS) is 1. The Kier molecular flexibility index (Phi) is 5.34. The van der Waals surface area contributed by atoms with E-state index in [1.807, 2.05) is 30.3 Å². The number of nitrogens with zero attached hydrogens (tertiary/aromatic N) is 1. The van der Waals surface area contributed by atoms with Gasteiger partial charge in [0.15, 0.2) is 6.04 Å². The highest BCUT2D eigenvalue weighted by Gasteiger charge is 2.28. The lowest BCUT2D eigenvalue weighted by atomic mass is 10.1. The first-order valence-corrected chi connectivity index (χ1v) is 9.15. The third-order valence-corrected chi connectivity index (χ3v) is 5.02. The van der Waals surface area contributed by atoms with Crippen molar-refractivity contribution in [3.05, 3.63) is 69.0 Å². The molecule has 3 aromatic rings. The summed E-state index contributed by atoms with van der Waals surface area (Å²) in [5.74, 6) is -2.14. The molecule has 2 aromatic carbocycles. The van der Waals surface area contributed by atoms with Gasteiger partial charge in [0.1, 0.15) is 5.75 Å². The molecular weight excluding hydrogens is 420 g/mol. The van der Waals surface area contributed by atoms with Crippen LogP contribution in [0, 0.1) is 0 Å². The molecule has 0 spiro atoms. The molecule has 0 radical (unpaired) electrons. The van der Waals surface area contributed by atoms with Gasteiger partial charge in [-0.2, -0.15) is 0 Å². The molecule has 1 heterocycles. The summed E-state index contributed by atoms with van der Waals surface area (Å²) >= 11 is 4.37. The number of aromatic hydroxyl groups is 1. The molecule has 6 nitrogen and oxygen atoms in total. The number of phenols is 1. The number of carbonyl (C=O) groups excluding carboxylic acids is 1. The van der Waals surface area contributed by atoms with E-state index in [-0.39, 0.29) is 11.3 Å². The Labute approximate surface area is 161 Å². The predicted octanol–water partition coefficient (Wildman–Crippen LogP) is 3.83. The van der Waals surface area contributed by atoms with E-state index < -0.39 is 17.9 Å². The average molecular weight is 433 g/mol. The summed E-state index contributed by atoms with van der Waals surface area (Å²) in [7, 11) is 0. The summed E-state index contributed by atoms with van der Waals surface area (Å²) in [5.41, 5.74) is 2.78. The SMILES string of the molecule is O=C(NC(C(=O)O)c1scnc1-c1ccccc1)c1cc(Br)ccc1O. The molecule has 1 unspecified atom stereocenters. The Morgan fingerprint density at radius 2 is 1.88 bits per heavy atom. The van der Waals surface area contributed by atoms with Gasteiger partial charge in [-0.15, -0.1) is 11.3 Å². The number of thiazole rings is 1. The van der Waals surface area contributed by atoms with Crippen molar-refractivity contribution < 1.29 is 19.8 Å².